The fraction of sp³-hybridized carbons (Fsp3) is 0.429. The average Bonchev–Trinajstić information content (AvgIpc) is 2.37. The van der Waals surface area contributed by atoms with Crippen molar-refractivity contribution in [2.75, 3.05) is 6.54 Å². The van der Waals surface area contributed by atoms with Crippen LogP contribution in [0.1, 0.15) is 11.3 Å². The molecule has 3 heteroatoms. The van der Waals surface area contributed by atoms with Gasteiger partial charge in [0.1, 0.15) is 5.76 Å². The van der Waals surface area contributed by atoms with E-state index in [1.165, 1.54) is 0 Å². The third-order valence-corrected chi connectivity index (χ3v) is 1.28. The molecule has 3 nitrogen and oxygen atoms in total. The van der Waals surface area contributed by atoms with Gasteiger partial charge in [-0.05, 0) is 12.6 Å². The van der Waals surface area contributed by atoms with E-state index < -0.39 is 0 Å². The molecular formula is C7H11NO2. The highest BCUT2D eigenvalue weighted by Gasteiger charge is 1.97. The number of hydrogen-bond donors (Lipinski definition) is 2. The Morgan fingerprint density at radius 1 is 1.60 bits per heavy atom. The number of aliphatic hydroxyl groups is 1. The van der Waals surface area contributed by atoms with Crippen molar-refractivity contribution < 1.29 is 9.52 Å². The van der Waals surface area contributed by atoms with Gasteiger partial charge in [-0.3, -0.25) is 0 Å². The Hall–Kier alpha value is -0.800. The maximum absolute atomic E-state index is 8.63. The first-order valence-corrected chi connectivity index (χ1v) is 3.24. The summed E-state index contributed by atoms with van der Waals surface area (Å²) < 4.78 is 5.06. The molecule has 1 rings (SSSR count). The minimum Gasteiger partial charge on any atom is -0.469 e. The molecule has 56 valence electrons. The molecule has 0 saturated carbocycles. The van der Waals surface area contributed by atoms with E-state index in [2.05, 4.69) is 0 Å². The molecule has 0 aliphatic rings. The molecular weight excluding hydrogens is 130 g/mol. The van der Waals surface area contributed by atoms with Crippen molar-refractivity contribution >= 4 is 0 Å². The van der Waals surface area contributed by atoms with Crippen molar-refractivity contribution in [1.82, 2.24) is 0 Å². The van der Waals surface area contributed by atoms with Crippen LogP contribution in [0, 0.1) is 0 Å². The van der Waals surface area contributed by atoms with Gasteiger partial charge in [-0.25, -0.2) is 0 Å². The zero-order valence-electron chi connectivity index (χ0n) is 5.71. The predicted molar refractivity (Wildman–Crippen MR) is 37.4 cm³/mol. The van der Waals surface area contributed by atoms with Crippen molar-refractivity contribution in [3.05, 3.63) is 23.7 Å². The summed E-state index contributed by atoms with van der Waals surface area (Å²) >= 11 is 0. The first kappa shape index (κ1) is 7.31. The highest BCUT2D eigenvalue weighted by molar-refractivity contribution is 5.11. The third-order valence-electron chi connectivity index (χ3n) is 1.28. The van der Waals surface area contributed by atoms with Crippen LogP contribution < -0.4 is 5.73 Å². The van der Waals surface area contributed by atoms with Gasteiger partial charge in [-0.1, -0.05) is 0 Å². The van der Waals surface area contributed by atoms with E-state index in [9.17, 15) is 0 Å². The van der Waals surface area contributed by atoms with E-state index >= 15 is 0 Å². The summed E-state index contributed by atoms with van der Waals surface area (Å²) in [6.07, 6.45) is 2.28. The maximum atomic E-state index is 8.63. The summed E-state index contributed by atoms with van der Waals surface area (Å²) in [4.78, 5) is 0. The van der Waals surface area contributed by atoms with Gasteiger partial charge in [0.2, 0.25) is 0 Å². The highest BCUT2D eigenvalue weighted by atomic mass is 16.3. The smallest absolute Gasteiger partial charge is 0.105 e. The number of nitrogens with two attached hydrogens (primary N) is 1. The van der Waals surface area contributed by atoms with Gasteiger partial charge in [0.15, 0.2) is 0 Å². The Bertz CT molecular complexity index is 195. The second-order valence-electron chi connectivity index (χ2n) is 2.12. The van der Waals surface area contributed by atoms with E-state index in [1.807, 2.05) is 6.07 Å². The van der Waals surface area contributed by atoms with Crippen molar-refractivity contribution in [3.8, 4) is 0 Å². The first-order chi connectivity index (χ1) is 4.86. The second kappa shape index (κ2) is 3.39. The Labute approximate surface area is 59.5 Å². The molecule has 0 atom stereocenters. The summed E-state index contributed by atoms with van der Waals surface area (Å²) in [5.41, 5.74) is 6.10. The predicted octanol–water partition coefficient (Wildman–Crippen LogP) is 0.273. The van der Waals surface area contributed by atoms with Crippen LogP contribution in [0.2, 0.25) is 0 Å². The topological polar surface area (TPSA) is 59.4 Å². The van der Waals surface area contributed by atoms with Gasteiger partial charge in [-0.2, -0.15) is 0 Å². The quantitative estimate of drug-likeness (QED) is 0.635. The van der Waals surface area contributed by atoms with Crippen LogP contribution in [0.15, 0.2) is 16.7 Å². The largest absolute Gasteiger partial charge is 0.469 e. The van der Waals surface area contributed by atoms with Crippen molar-refractivity contribution in [1.29, 1.82) is 0 Å². The van der Waals surface area contributed by atoms with Crippen molar-refractivity contribution in [3.63, 3.8) is 0 Å². The molecule has 1 aromatic rings. The van der Waals surface area contributed by atoms with Crippen molar-refractivity contribution in [2.24, 2.45) is 5.73 Å². The maximum Gasteiger partial charge on any atom is 0.105 e. The zero-order valence-corrected chi connectivity index (χ0v) is 5.71. The number of aliphatic hydroxyl groups excluding tert-OH is 1. The zero-order chi connectivity index (χ0) is 7.40. The lowest BCUT2D eigenvalue weighted by molar-refractivity contribution is 0.280. The normalized spacial score (nSPS) is 10.2. The summed E-state index contributed by atoms with van der Waals surface area (Å²) in [6.45, 7) is 0.618. The number of rotatable bonds is 3. The monoisotopic (exact) mass is 141 g/mol. The lowest BCUT2D eigenvalue weighted by Gasteiger charge is -1.86. The van der Waals surface area contributed by atoms with E-state index in [-0.39, 0.29) is 6.61 Å². The molecule has 0 aliphatic carbocycles. The molecule has 0 fully saturated rings. The molecule has 0 aromatic carbocycles. The van der Waals surface area contributed by atoms with Crippen LogP contribution in [0.4, 0.5) is 0 Å². The molecule has 10 heavy (non-hydrogen) atoms. The van der Waals surface area contributed by atoms with Crippen LogP contribution in [-0.2, 0) is 13.0 Å². The Balaban J connectivity index is 2.59. The van der Waals surface area contributed by atoms with Crippen LogP contribution in [0.5, 0.6) is 0 Å². The molecule has 0 radical (unpaired) electrons. The molecule has 0 amide bonds. The van der Waals surface area contributed by atoms with E-state index in [4.69, 9.17) is 15.3 Å². The molecule has 1 aromatic heterocycles. The minimum absolute atomic E-state index is 0.0358. The molecule has 0 bridgehead atoms. The van der Waals surface area contributed by atoms with Crippen LogP contribution in [0.3, 0.4) is 0 Å². The lowest BCUT2D eigenvalue weighted by atomic mass is 10.3. The molecule has 0 spiro atoms. The van der Waals surface area contributed by atoms with Crippen LogP contribution in [0.25, 0.3) is 0 Å². The Morgan fingerprint density at radius 3 is 2.90 bits per heavy atom. The fourth-order valence-electron chi connectivity index (χ4n) is 0.782. The second-order valence-corrected chi connectivity index (χ2v) is 2.12. The summed E-state index contributed by atoms with van der Waals surface area (Å²) in [7, 11) is 0. The van der Waals surface area contributed by atoms with Crippen LogP contribution >= 0.6 is 0 Å². The van der Waals surface area contributed by atoms with Gasteiger partial charge < -0.3 is 15.3 Å². The highest BCUT2D eigenvalue weighted by Crippen LogP contribution is 2.07. The van der Waals surface area contributed by atoms with Crippen LogP contribution in [-0.4, -0.2) is 11.7 Å². The molecule has 0 unspecified atom stereocenters. The van der Waals surface area contributed by atoms with E-state index in [0.717, 1.165) is 17.7 Å². The van der Waals surface area contributed by atoms with Gasteiger partial charge in [-0.15, -0.1) is 0 Å². The lowest BCUT2D eigenvalue weighted by Crippen LogP contribution is -2.01. The van der Waals surface area contributed by atoms with Crippen molar-refractivity contribution in [2.45, 2.75) is 13.0 Å². The number of furan rings is 1. The Kier molecular flexibility index (Phi) is 2.48. The van der Waals surface area contributed by atoms with Gasteiger partial charge in [0, 0.05) is 12.0 Å². The summed E-state index contributed by atoms with van der Waals surface area (Å²) in [5.74, 6) is 0.839. The number of hydrogen-bond acceptors (Lipinski definition) is 3. The Morgan fingerprint density at radius 2 is 2.40 bits per heavy atom. The molecule has 3 N–H and O–H groups in total. The van der Waals surface area contributed by atoms with E-state index in [0.29, 0.717) is 6.54 Å². The van der Waals surface area contributed by atoms with Gasteiger partial charge >= 0.3 is 0 Å². The fourth-order valence-corrected chi connectivity index (χ4v) is 0.782. The molecule has 1 heterocycles. The average molecular weight is 141 g/mol. The summed E-state index contributed by atoms with van der Waals surface area (Å²) in [6, 6.07) is 1.81. The minimum atomic E-state index is 0.0358. The summed E-state index contributed by atoms with van der Waals surface area (Å²) in [5, 5.41) is 8.63. The molecule has 0 saturated heterocycles. The SMILES string of the molecule is NCCc1cc(CO)co1. The standard InChI is InChI=1S/C7H11NO2/c8-2-1-7-3-6(4-9)5-10-7/h3,5,9H,1-2,4,8H2. The van der Waals surface area contributed by atoms with E-state index in [1.54, 1.807) is 6.26 Å². The first-order valence-electron chi connectivity index (χ1n) is 3.24. The van der Waals surface area contributed by atoms with Gasteiger partial charge in [0.05, 0.1) is 12.9 Å². The third kappa shape index (κ3) is 1.59. The molecule has 0 aliphatic heterocycles. The van der Waals surface area contributed by atoms with Gasteiger partial charge in [0.25, 0.3) is 0 Å².